The van der Waals surface area contributed by atoms with Crippen molar-refractivity contribution >= 4 is 35.5 Å². The highest BCUT2D eigenvalue weighted by Crippen LogP contribution is 2.34. The first-order chi connectivity index (χ1) is 20.6. The van der Waals surface area contributed by atoms with Gasteiger partial charge in [-0.2, -0.15) is 13.2 Å². The number of primary amides is 1. The van der Waals surface area contributed by atoms with Crippen molar-refractivity contribution in [1.29, 1.82) is 0 Å². The van der Waals surface area contributed by atoms with Crippen LogP contribution in [0.3, 0.4) is 0 Å². The molecule has 46 heavy (non-hydrogen) atoms. The summed E-state index contributed by atoms with van der Waals surface area (Å²) in [5.74, 6) is -5.75. The molecule has 0 aromatic heterocycles. The normalized spacial score (nSPS) is 19.6. The summed E-state index contributed by atoms with van der Waals surface area (Å²) in [5, 5.41) is 7.50. The zero-order valence-electron chi connectivity index (χ0n) is 28.8. The number of ether oxygens (including phenoxy) is 1. The average molecular weight is 664 g/mol. The van der Waals surface area contributed by atoms with E-state index in [9.17, 15) is 41.9 Å². The van der Waals surface area contributed by atoms with Gasteiger partial charge in [0.05, 0.1) is 6.04 Å². The molecule has 0 spiro atoms. The molecule has 0 aromatic rings. The number of amides is 5. The first-order valence-corrected chi connectivity index (χ1v) is 15.4. The Morgan fingerprint density at radius 1 is 0.848 bits per heavy atom. The Labute approximate surface area is 269 Å². The number of nitrogens with zero attached hydrogens (tertiary/aromatic N) is 1. The van der Waals surface area contributed by atoms with Crippen molar-refractivity contribution in [2.75, 3.05) is 6.54 Å². The highest BCUT2D eigenvalue weighted by molar-refractivity contribution is 6.37. The van der Waals surface area contributed by atoms with Gasteiger partial charge >= 0.3 is 18.2 Å². The first kappa shape index (κ1) is 40.6. The second-order valence-corrected chi connectivity index (χ2v) is 15.4. The van der Waals surface area contributed by atoms with Gasteiger partial charge in [0.25, 0.3) is 5.91 Å². The van der Waals surface area contributed by atoms with Crippen molar-refractivity contribution in [3.8, 4) is 0 Å². The van der Waals surface area contributed by atoms with Crippen LogP contribution in [-0.4, -0.2) is 82.9 Å². The summed E-state index contributed by atoms with van der Waals surface area (Å²) in [6, 6.07) is -6.21. The second kappa shape index (κ2) is 15.0. The van der Waals surface area contributed by atoms with Crippen LogP contribution in [0.5, 0.6) is 0 Å². The van der Waals surface area contributed by atoms with Crippen molar-refractivity contribution in [3.05, 3.63) is 0 Å². The lowest BCUT2D eigenvalue weighted by Gasteiger charge is -2.38. The third-order valence-corrected chi connectivity index (χ3v) is 7.62. The van der Waals surface area contributed by atoms with E-state index < -0.39 is 101 Å². The molecule has 1 aliphatic rings. The number of carbonyl (C=O) groups is 6. The van der Waals surface area contributed by atoms with Crippen molar-refractivity contribution in [3.63, 3.8) is 0 Å². The molecule has 0 bridgehead atoms. The molecule has 1 unspecified atom stereocenters. The fourth-order valence-corrected chi connectivity index (χ4v) is 5.21. The summed E-state index contributed by atoms with van der Waals surface area (Å²) in [7, 11) is 0. The minimum Gasteiger partial charge on any atom is -0.458 e. The first-order valence-electron chi connectivity index (χ1n) is 15.4. The van der Waals surface area contributed by atoms with Crippen LogP contribution in [0.25, 0.3) is 0 Å². The Bertz CT molecular complexity index is 1150. The Morgan fingerprint density at radius 2 is 1.35 bits per heavy atom. The van der Waals surface area contributed by atoms with Crippen LogP contribution in [0.2, 0.25) is 0 Å². The lowest BCUT2D eigenvalue weighted by Crippen LogP contribution is -2.62. The maximum absolute atomic E-state index is 14.1. The fourth-order valence-electron chi connectivity index (χ4n) is 5.21. The summed E-state index contributed by atoms with van der Waals surface area (Å²) < 4.78 is 44.4. The summed E-state index contributed by atoms with van der Waals surface area (Å²) in [6.45, 7) is 19.0. The maximum atomic E-state index is 14.1. The molecular formula is C31H52F3N5O7. The van der Waals surface area contributed by atoms with Gasteiger partial charge in [0.1, 0.15) is 23.7 Å². The Hall–Kier alpha value is -3.39. The van der Waals surface area contributed by atoms with E-state index in [1.807, 2.05) is 13.8 Å². The standard InChI is InChI=1S/C31H52F3N5O7/c1-16(2)17-13-15-39(19(17)24(42)36-18(20(40)23(35)41)12-14-31(32,33)34)25(43)21(28(3,4)5)37-27(45)38-22(29(6,7)8)26(44)46-30(9,10)11/h16-19,21-22H,12-15H2,1-11H3,(H2,35,41)(H,36,42)(H2,37,38,45)/t17-,18?,19+,21-,22-/m1/s1. The van der Waals surface area contributed by atoms with Crippen LogP contribution in [0, 0.1) is 22.7 Å². The minimum atomic E-state index is -4.67. The average Bonchev–Trinajstić information content (AvgIpc) is 3.30. The Morgan fingerprint density at radius 3 is 1.76 bits per heavy atom. The van der Waals surface area contributed by atoms with E-state index in [-0.39, 0.29) is 12.5 Å². The zero-order valence-corrected chi connectivity index (χ0v) is 28.8. The zero-order chi connectivity index (χ0) is 36.2. The van der Waals surface area contributed by atoms with Crippen LogP contribution in [0.1, 0.15) is 95.4 Å². The molecule has 15 heteroatoms. The molecule has 5 atom stereocenters. The summed E-state index contributed by atoms with van der Waals surface area (Å²) in [4.78, 5) is 79.2. The number of likely N-dealkylation sites (tertiary alicyclic amines) is 1. The highest BCUT2D eigenvalue weighted by atomic mass is 19.4. The molecule has 0 aromatic carbocycles. The van der Waals surface area contributed by atoms with E-state index in [1.165, 1.54) is 4.90 Å². The molecule has 12 nitrogen and oxygen atoms in total. The fraction of sp³-hybridized carbons (Fsp3) is 0.806. The number of Topliss-reactive ketones (excluding diaryl/α,β-unsaturated/α-hetero) is 1. The number of urea groups is 1. The van der Waals surface area contributed by atoms with E-state index in [0.717, 1.165) is 0 Å². The summed E-state index contributed by atoms with van der Waals surface area (Å²) in [6.07, 6.45) is -6.69. The topological polar surface area (TPSA) is 177 Å². The van der Waals surface area contributed by atoms with E-state index >= 15 is 0 Å². The van der Waals surface area contributed by atoms with Crippen LogP contribution in [-0.2, 0) is 28.7 Å². The molecule has 1 saturated heterocycles. The van der Waals surface area contributed by atoms with Gasteiger partial charge in [-0.05, 0) is 56.3 Å². The van der Waals surface area contributed by atoms with Gasteiger partial charge in [-0.25, -0.2) is 9.59 Å². The number of hydrogen-bond acceptors (Lipinski definition) is 7. The van der Waals surface area contributed by atoms with Crippen molar-refractivity contribution in [2.45, 2.75) is 131 Å². The van der Waals surface area contributed by atoms with Gasteiger partial charge < -0.3 is 31.3 Å². The quantitative estimate of drug-likeness (QED) is 0.194. The number of carbonyl (C=O) groups excluding carboxylic acids is 6. The molecule has 264 valence electrons. The number of nitrogens with one attached hydrogen (secondary N) is 3. The number of rotatable bonds is 11. The van der Waals surface area contributed by atoms with E-state index in [4.69, 9.17) is 10.5 Å². The maximum Gasteiger partial charge on any atom is 0.389 e. The largest absolute Gasteiger partial charge is 0.458 e. The van der Waals surface area contributed by atoms with Gasteiger partial charge in [-0.1, -0.05) is 55.4 Å². The van der Waals surface area contributed by atoms with Gasteiger partial charge in [0, 0.05) is 13.0 Å². The van der Waals surface area contributed by atoms with Crippen LogP contribution in [0.4, 0.5) is 18.0 Å². The minimum absolute atomic E-state index is 0.0785. The predicted octanol–water partition coefficient (Wildman–Crippen LogP) is 3.21. The molecule has 0 saturated carbocycles. The number of ketones is 1. The van der Waals surface area contributed by atoms with Crippen molar-refractivity contribution in [2.24, 2.45) is 28.4 Å². The van der Waals surface area contributed by atoms with Crippen LogP contribution >= 0.6 is 0 Å². The number of hydrogen-bond donors (Lipinski definition) is 4. The molecule has 1 aliphatic heterocycles. The molecule has 1 fully saturated rings. The van der Waals surface area contributed by atoms with Gasteiger partial charge in [0.2, 0.25) is 17.6 Å². The SMILES string of the molecule is CC(C)[C@H]1CCN(C(=O)[C@@H](NC(=O)N[C@H](C(=O)OC(C)(C)C)C(C)(C)C)C(C)(C)C)[C@@H]1C(=O)NC(CCC(F)(F)F)C(=O)C(N)=O. The van der Waals surface area contributed by atoms with Crippen LogP contribution < -0.4 is 21.7 Å². The lowest BCUT2D eigenvalue weighted by atomic mass is 9.84. The highest BCUT2D eigenvalue weighted by Gasteiger charge is 2.48. The molecule has 0 radical (unpaired) electrons. The summed E-state index contributed by atoms with van der Waals surface area (Å²) >= 11 is 0. The van der Waals surface area contributed by atoms with Gasteiger partial charge in [-0.15, -0.1) is 0 Å². The molecule has 1 heterocycles. The smallest absolute Gasteiger partial charge is 0.389 e. The van der Waals surface area contributed by atoms with E-state index in [0.29, 0.717) is 6.42 Å². The molecule has 1 rings (SSSR count). The third kappa shape index (κ3) is 12.1. The van der Waals surface area contributed by atoms with Gasteiger partial charge in [-0.3, -0.25) is 19.2 Å². The number of alkyl halides is 3. The van der Waals surface area contributed by atoms with Gasteiger partial charge in [0.15, 0.2) is 0 Å². The van der Waals surface area contributed by atoms with Crippen molar-refractivity contribution < 1.29 is 46.7 Å². The number of halogens is 3. The monoisotopic (exact) mass is 663 g/mol. The van der Waals surface area contributed by atoms with E-state index in [2.05, 4.69) is 16.0 Å². The molecular weight excluding hydrogens is 611 g/mol. The Balaban J connectivity index is 3.39. The number of esters is 1. The Kier molecular flexibility index (Phi) is 13.3. The number of nitrogens with two attached hydrogens (primary N) is 1. The summed E-state index contributed by atoms with van der Waals surface area (Å²) in [5.41, 5.74) is 2.53. The molecule has 5 N–H and O–H groups in total. The molecule has 0 aliphatic carbocycles. The van der Waals surface area contributed by atoms with Crippen LogP contribution in [0.15, 0.2) is 0 Å². The van der Waals surface area contributed by atoms with E-state index in [1.54, 1.807) is 62.3 Å². The second-order valence-electron chi connectivity index (χ2n) is 15.4. The van der Waals surface area contributed by atoms with Crippen molar-refractivity contribution in [1.82, 2.24) is 20.9 Å². The predicted molar refractivity (Wildman–Crippen MR) is 164 cm³/mol. The molecule has 5 amide bonds. The third-order valence-electron chi connectivity index (χ3n) is 7.62. The lowest BCUT2D eigenvalue weighted by molar-refractivity contribution is -0.160.